The van der Waals surface area contributed by atoms with Crippen LogP contribution in [-0.4, -0.2) is 35.8 Å². The van der Waals surface area contributed by atoms with Crippen LogP contribution in [0.25, 0.3) is 0 Å². The van der Waals surface area contributed by atoms with Gasteiger partial charge in [0.05, 0.1) is 12.5 Å². The number of thiazole rings is 1. The number of rotatable bonds is 5. The van der Waals surface area contributed by atoms with Gasteiger partial charge >= 0.3 is 0 Å². The Bertz CT molecular complexity index is 779. The van der Waals surface area contributed by atoms with E-state index in [2.05, 4.69) is 15.6 Å². The number of anilines is 2. The molecule has 7 nitrogen and oxygen atoms in total. The van der Waals surface area contributed by atoms with Crippen LogP contribution in [0.1, 0.15) is 6.42 Å². The van der Waals surface area contributed by atoms with Crippen LogP contribution >= 0.6 is 11.3 Å². The average Bonchev–Trinajstić information content (AvgIpc) is 3.23. The van der Waals surface area contributed by atoms with Crippen molar-refractivity contribution in [1.29, 1.82) is 0 Å². The molecule has 0 spiro atoms. The summed E-state index contributed by atoms with van der Waals surface area (Å²) in [6.45, 7) is 0.00402. The summed E-state index contributed by atoms with van der Waals surface area (Å²) >= 11 is 1.28. The molecule has 1 fully saturated rings. The van der Waals surface area contributed by atoms with Crippen LogP contribution in [-0.2, 0) is 14.4 Å². The van der Waals surface area contributed by atoms with Gasteiger partial charge in [-0.2, -0.15) is 0 Å². The maximum Gasteiger partial charge on any atom is 0.245 e. The molecule has 1 aliphatic heterocycles. The zero-order chi connectivity index (χ0) is 17.8. The monoisotopic (exact) mass is 362 g/mol. The van der Waals surface area contributed by atoms with Crippen molar-refractivity contribution in [2.75, 3.05) is 23.3 Å². The first kappa shape index (κ1) is 17.0. The number of halogens is 1. The van der Waals surface area contributed by atoms with Gasteiger partial charge in [0.1, 0.15) is 5.82 Å². The van der Waals surface area contributed by atoms with Gasteiger partial charge < -0.3 is 15.5 Å². The van der Waals surface area contributed by atoms with Crippen LogP contribution < -0.4 is 15.5 Å². The van der Waals surface area contributed by atoms with Crippen molar-refractivity contribution in [3.05, 3.63) is 41.7 Å². The number of hydrogen-bond donors (Lipinski definition) is 2. The quantitative estimate of drug-likeness (QED) is 0.841. The summed E-state index contributed by atoms with van der Waals surface area (Å²) in [6.07, 6.45) is 1.62. The number of aromatic nitrogens is 1. The third-order valence-electron chi connectivity index (χ3n) is 3.74. The smallest absolute Gasteiger partial charge is 0.245 e. The predicted octanol–water partition coefficient (Wildman–Crippen LogP) is 1.39. The van der Waals surface area contributed by atoms with Gasteiger partial charge in [0, 0.05) is 30.2 Å². The molecule has 1 atom stereocenters. The summed E-state index contributed by atoms with van der Waals surface area (Å²) in [7, 11) is 0. The van der Waals surface area contributed by atoms with Gasteiger partial charge in [0.15, 0.2) is 5.13 Å². The van der Waals surface area contributed by atoms with E-state index in [9.17, 15) is 18.8 Å². The molecule has 130 valence electrons. The number of nitrogens with one attached hydrogen (secondary N) is 2. The molecule has 1 saturated heterocycles. The molecule has 0 unspecified atom stereocenters. The molecule has 1 aliphatic rings. The Morgan fingerprint density at radius 2 is 2.08 bits per heavy atom. The highest BCUT2D eigenvalue weighted by atomic mass is 32.1. The van der Waals surface area contributed by atoms with Gasteiger partial charge in [-0.25, -0.2) is 9.37 Å². The third kappa shape index (κ3) is 4.18. The number of nitrogens with zero attached hydrogens (tertiary/aromatic N) is 2. The van der Waals surface area contributed by atoms with E-state index in [1.807, 2.05) is 0 Å². The third-order valence-corrected chi connectivity index (χ3v) is 4.42. The lowest BCUT2D eigenvalue weighted by Crippen LogP contribution is -2.37. The highest BCUT2D eigenvalue weighted by molar-refractivity contribution is 7.13. The summed E-state index contributed by atoms with van der Waals surface area (Å²) in [5, 5.41) is 7.26. The molecule has 0 saturated carbocycles. The first-order chi connectivity index (χ1) is 12.0. The molecule has 2 aromatic rings. The highest BCUT2D eigenvalue weighted by Crippen LogP contribution is 2.25. The van der Waals surface area contributed by atoms with E-state index in [0.717, 1.165) is 0 Å². The van der Waals surface area contributed by atoms with Gasteiger partial charge in [0.25, 0.3) is 0 Å². The standard InChI is InChI=1S/C16H15FN4O3S/c17-11-1-3-12(4-2-11)21-9-10(7-14(21)23)15(24)19-8-13(22)20-16-18-5-6-25-16/h1-6,10H,7-9H2,(H,19,24)(H,18,20,22)/t10-/m1/s1. The van der Waals surface area contributed by atoms with Crippen LogP contribution in [0.3, 0.4) is 0 Å². The molecular weight excluding hydrogens is 347 g/mol. The molecule has 0 radical (unpaired) electrons. The molecule has 25 heavy (non-hydrogen) atoms. The van der Waals surface area contributed by atoms with Crippen LogP contribution in [0, 0.1) is 11.7 Å². The van der Waals surface area contributed by atoms with Crippen molar-refractivity contribution in [3.63, 3.8) is 0 Å². The molecular formula is C16H15FN4O3S. The first-order valence-corrected chi connectivity index (χ1v) is 8.44. The van der Waals surface area contributed by atoms with Gasteiger partial charge in [-0.3, -0.25) is 14.4 Å². The molecule has 3 amide bonds. The van der Waals surface area contributed by atoms with Gasteiger partial charge in [-0.1, -0.05) is 0 Å². The van der Waals surface area contributed by atoms with Crippen LogP contribution in [0.2, 0.25) is 0 Å². The van der Waals surface area contributed by atoms with Crippen molar-refractivity contribution in [1.82, 2.24) is 10.3 Å². The maximum atomic E-state index is 13.0. The summed E-state index contributed by atoms with van der Waals surface area (Å²) in [5.41, 5.74) is 0.545. The second kappa shape index (κ2) is 7.39. The van der Waals surface area contributed by atoms with E-state index in [1.165, 1.54) is 40.5 Å². The molecule has 2 heterocycles. The number of carbonyl (C=O) groups excluding carboxylic acids is 3. The largest absolute Gasteiger partial charge is 0.347 e. The van der Waals surface area contributed by atoms with Crippen molar-refractivity contribution in [2.24, 2.45) is 5.92 Å². The molecule has 2 N–H and O–H groups in total. The zero-order valence-corrected chi connectivity index (χ0v) is 13.9. The number of benzene rings is 1. The van der Waals surface area contributed by atoms with Crippen LogP contribution in [0.5, 0.6) is 0 Å². The fraction of sp³-hybridized carbons (Fsp3) is 0.250. The van der Waals surface area contributed by atoms with Gasteiger partial charge in [0.2, 0.25) is 17.7 Å². The number of carbonyl (C=O) groups is 3. The molecule has 9 heteroatoms. The normalized spacial score (nSPS) is 16.8. The first-order valence-electron chi connectivity index (χ1n) is 7.56. The number of hydrogen-bond acceptors (Lipinski definition) is 5. The van der Waals surface area contributed by atoms with Crippen molar-refractivity contribution < 1.29 is 18.8 Å². The predicted molar refractivity (Wildman–Crippen MR) is 90.6 cm³/mol. The van der Waals surface area contributed by atoms with Crippen molar-refractivity contribution >= 4 is 39.9 Å². The Hall–Kier alpha value is -2.81. The molecule has 0 aliphatic carbocycles. The molecule has 3 rings (SSSR count). The Morgan fingerprint density at radius 1 is 1.32 bits per heavy atom. The fourth-order valence-electron chi connectivity index (χ4n) is 2.51. The summed E-state index contributed by atoms with van der Waals surface area (Å²) in [4.78, 5) is 41.4. The van der Waals surface area contributed by atoms with Crippen molar-refractivity contribution in [3.8, 4) is 0 Å². The summed E-state index contributed by atoms with van der Waals surface area (Å²) in [5.74, 6) is -1.91. The average molecular weight is 362 g/mol. The van der Waals surface area contributed by atoms with E-state index in [4.69, 9.17) is 0 Å². The Kier molecular flexibility index (Phi) is 5.03. The van der Waals surface area contributed by atoms with Crippen molar-refractivity contribution in [2.45, 2.75) is 6.42 Å². The minimum atomic E-state index is -0.551. The van der Waals surface area contributed by atoms with Gasteiger partial charge in [-0.15, -0.1) is 11.3 Å². The summed E-state index contributed by atoms with van der Waals surface area (Å²) in [6, 6.07) is 5.52. The maximum absolute atomic E-state index is 13.0. The van der Waals surface area contributed by atoms with E-state index in [-0.39, 0.29) is 37.2 Å². The summed E-state index contributed by atoms with van der Waals surface area (Å²) < 4.78 is 13.0. The lowest BCUT2D eigenvalue weighted by molar-refractivity contribution is -0.127. The lowest BCUT2D eigenvalue weighted by atomic mass is 10.1. The fourth-order valence-corrected chi connectivity index (χ4v) is 3.06. The minimum Gasteiger partial charge on any atom is -0.347 e. The molecule has 0 bridgehead atoms. The second-order valence-electron chi connectivity index (χ2n) is 5.49. The number of amides is 3. The lowest BCUT2D eigenvalue weighted by Gasteiger charge is -2.16. The SMILES string of the molecule is O=C(CNC(=O)[C@@H]1CC(=O)N(c2ccc(F)cc2)C1)Nc1nccs1. The molecule has 1 aromatic carbocycles. The Balaban J connectivity index is 1.52. The van der Waals surface area contributed by atoms with Crippen LogP contribution in [0.15, 0.2) is 35.8 Å². The minimum absolute atomic E-state index is 0.0529. The highest BCUT2D eigenvalue weighted by Gasteiger charge is 2.35. The van der Waals surface area contributed by atoms with Crippen LogP contribution in [0.4, 0.5) is 15.2 Å². The van der Waals surface area contributed by atoms with E-state index in [0.29, 0.717) is 10.8 Å². The van der Waals surface area contributed by atoms with Gasteiger partial charge in [-0.05, 0) is 24.3 Å². The molecule has 1 aromatic heterocycles. The zero-order valence-electron chi connectivity index (χ0n) is 13.1. The second-order valence-corrected chi connectivity index (χ2v) is 6.38. The topological polar surface area (TPSA) is 91.4 Å². The Morgan fingerprint density at radius 3 is 2.76 bits per heavy atom. The Labute approximate surface area is 146 Å². The van der Waals surface area contributed by atoms with E-state index >= 15 is 0 Å². The van der Waals surface area contributed by atoms with E-state index < -0.39 is 11.7 Å². The van der Waals surface area contributed by atoms with E-state index in [1.54, 1.807) is 11.6 Å².